The van der Waals surface area contributed by atoms with Gasteiger partial charge in [-0.05, 0) is 37.1 Å². The third kappa shape index (κ3) is 4.25. The summed E-state index contributed by atoms with van der Waals surface area (Å²) in [5, 5.41) is 17.0. The second-order valence-corrected chi connectivity index (χ2v) is 7.09. The lowest BCUT2D eigenvalue weighted by atomic mass is 10.1. The molecule has 2 aromatic carbocycles. The van der Waals surface area contributed by atoms with Crippen LogP contribution in [0.5, 0.6) is 5.75 Å². The predicted molar refractivity (Wildman–Crippen MR) is 117 cm³/mol. The highest BCUT2D eigenvalue weighted by atomic mass is 16.3. The lowest BCUT2D eigenvalue weighted by molar-refractivity contribution is 0.0954. The van der Waals surface area contributed by atoms with Crippen molar-refractivity contribution in [3.05, 3.63) is 78.5 Å². The number of carbonyl (C=O) groups is 1. The summed E-state index contributed by atoms with van der Waals surface area (Å²) in [4.78, 5) is 21.2. The third-order valence-electron chi connectivity index (χ3n) is 4.94. The molecule has 0 fully saturated rings. The fourth-order valence-corrected chi connectivity index (χ4v) is 3.34. The van der Waals surface area contributed by atoms with Crippen LogP contribution in [-0.4, -0.2) is 32.1 Å². The maximum atomic E-state index is 12.8. The third-order valence-corrected chi connectivity index (χ3v) is 4.94. The SMILES string of the molecule is Cc1ccc(O)cc1Nc1ccnc2c(C(=O)NCCCn3ccnc3)cccc12. The van der Waals surface area contributed by atoms with E-state index >= 15 is 0 Å². The van der Waals surface area contributed by atoms with Gasteiger partial charge < -0.3 is 20.3 Å². The number of fused-ring (bicyclic) bond motifs is 1. The highest BCUT2D eigenvalue weighted by Gasteiger charge is 2.13. The van der Waals surface area contributed by atoms with Crippen LogP contribution in [0.25, 0.3) is 10.9 Å². The molecule has 0 saturated heterocycles. The van der Waals surface area contributed by atoms with Gasteiger partial charge in [-0.25, -0.2) is 4.98 Å². The molecule has 0 saturated carbocycles. The number of para-hydroxylation sites is 1. The standard InChI is InChI=1S/C23H23N5O2/c1-16-6-7-17(29)14-21(16)27-20-8-10-25-22-18(20)4-2-5-19(22)23(30)26-9-3-12-28-13-11-24-15-28/h2,4-8,10-11,13-15,29H,3,9,12H2,1H3,(H,25,27)(H,26,30). The van der Waals surface area contributed by atoms with Crippen LogP contribution >= 0.6 is 0 Å². The number of carbonyl (C=O) groups excluding carboxylic acids is 1. The molecule has 3 N–H and O–H groups in total. The minimum absolute atomic E-state index is 0.149. The quantitative estimate of drug-likeness (QED) is 0.407. The van der Waals surface area contributed by atoms with Crippen LogP contribution in [0.3, 0.4) is 0 Å². The number of nitrogens with zero attached hydrogens (tertiary/aromatic N) is 3. The Morgan fingerprint density at radius 1 is 1.13 bits per heavy atom. The van der Waals surface area contributed by atoms with Crippen molar-refractivity contribution in [3.63, 3.8) is 0 Å². The van der Waals surface area contributed by atoms with Gasteiger partial charge in [0.1, 0.15) is 5.75 Å². The van der Waals surface area contributed by atoms with Gasteiger partial charge in [0.15, 0.2) is 0 Å². The number of hydrogen-bond acceptors (Lipinski definition) is 5. The highest BCUT2D eigenvalue weighted by Crippen LogP contribution is 2.30. The van der Waals surface area contributed by atoms with Crippen molar-refractivity contribution in [2.24, 2.45) is 0 Å². The number of phenols is 1. The van der Waals surface area contributed by atoms with E-state index < -0.39 is 0 Å². The summed E-state index contributed by atoms with van der Waals surface area (Å²) < 4.78 is 1.98. The molecular weight excluding hydrogens is 378 g/mol. The molecular formula is C23H23N5O2. The van der Waals surface area contributed by atoms with Gasteiger partial charge in [0.25, 0.3) is 5.91 Å². The van der Waals surface area contributed by atoms with Gasteiger partial charge >= 0.3 is 0 Å². The van der Waals surface area contributed by atoms with Crippen LogP contribution < -0.4 is 10.6 Å². The molecule has 0 atom stereocenters. The van der Waals surface area contributed by atoms with Crippen LogP contribution in [0, 0.1) is 6.92 Å². The Bertz CT molecular complexity index is 1170. The van der Waals surface area contributed by atoms with Crippen molar-refractivity contribution in [3.8, 4) is 5.75 Å². The zero-order valence-electron chi connectivity index (χ0n) is 16.7. The number of anilines is 2. The Morgan fingerprint density at radius 2 is 2.03 bits per heavy atom. The number of benzene rings is 2. The number of amides is 1. The molecule has 0 aliphatic heterocycles. The van der Waals surface area contributed by atoms with Crippen molar-refractivity contribution >= 4 is 28.2 Å². The summed E-state index contributed by atoms with van der Waals surface area (Å²) in [5.41, 5.74) is 3.80. The maximum Gasteiger partial charge on any atom is 0.253 e. The van der Waals surface area contributed by atoms with E-state index in [-0.39, 0.29) is 11.7 Å². The first kappa shape index (κ1) is 19.4. The summed E-state index contributed by atoms with van der Waals surface area (Å²) in [6.07, 6.45) is 7.89. The van der Waals surface area contributed by atoms with Crippen LogP contribution in [0.15, 0.2) is 67.4 Å². The molecule has 0 radical (unpaired) electrons. The van der Waals surface area contributed by atoms with E-state index in [4.69, 9.17) is 0 Å². The Labute approximate surface area is 174 Å². The van der Waals surface area contributed by atoms with E-state index in [1.807, 2.05) is 42.0 Å². The number of nitrogens with one attached hydrogen (secondary N) is 2. The normalized spacial score (nSPS) is 10.8. The topological polar surface area (TPSA) is 92.1 Å². The molecule has 2 aromatic heterocycles. The second kappa shape index (κ2) is 8.65. The Hall–Kier alpha value is -3.87. The van der Waals surface area contributed by atoms with Gasteiger partial charge in [-0.1, -0.05) is 18.2 Å². The van der Waals surface area contributed by atoms with E-state index in [1.54, 1.807) is 36.9 Å². The molecule has 2 heterocycles. The molecule has 7 heteroatoms. The molecule has 4 aromatic rings. The molecule has 152 valence electrons. The molecule has 0 aliphatic carbocycles. The molecule has 0 bridgehead atoms. The maximum absolute atomic E-state index is 12.8. The second-order valence-electron chi connectivity index (χ2n) is 7.09. The molecule has 30 heavy (non-hydrogen) atoms. The van der Waals surface area contributed by atoms with Gasteiger partial charge in [0.2, 0.25) is 0 Å². The largest absolute Gasteiger partial charge is 0.508 e. The summed E-state index contributed by atoms with van der Waals surface area (Å²) in [7, 11) is 0. The lowest BCUT2D eigenvalue weighted by Gasteiger charge is -2.14. The van der Waals surface area contributed by atoms with Gasteiger partial charge in [0, 0.05) is 54.5 Å². The lowest BCUT2D eigenvalue weighted by Crippen LogP contribution is -2.25. The Balaban J connectivity index is 1.52. The number of hydrogen-bond donors (Lipinski definition) is 3. The van der Waals surface area contributed by atoms with Crippen molar-refractivity contribution < 1.29 is 9.90 Å². The number of pyridine rings is 1. The molecule has 7 nitrogen and oxygen atoms in total. The predicted octanol–water partition coefficient (Wildman–Crippen LogP) is 4.01. The Morgan fingerprint density at radius 3 is 2.87 bits per heavy atom. The van der Waals surface area contributed by atoms with Gasteiger partial charge in [-0.3, -0.25) is 9.78 Å². The molecule has 0 spiro atoms. The van der Waals surface area contributed by atoms with Crippen LogP contribution in [0.4, 0.5) is 11.4 Å². The number of aryl methyl sites for hydroxylation is 2. The summed E-state index contributed by atoms with van der Waals surface area (Å²) in [6, 6.07) is 12.6. The average molecular weight is 401 g/mol. The van der Waals surface area contributed by atoms with Crippen molar-refractivity contribution in [2.75, 3.05) is 11.9 Å². The number of rotatable bonds is 7. The van der Waals surface area contributed by atoms with E-state index in [9.17, 15) is 9.90 Å². The summed E-state index contributed by atoms with van der Waals surface area (Å²) in [6.45, 7) is 3.33. The molecule has 0 aliphatic rings. The van der Waals surface area contributed by atoms with Crippen LogP contribution in [0.1, 0.15) is 22.3 Å². The number of imidazole rings is 1. The highest BCUT2D eigenvalue weighted by molar-refractivity contribution is 6.08. The van der Waals surface area contributed by atoms with Gasteiger partial charge in [0.05, 0.1) is 17.4 Å². The molecule has 0 unspecified atom stereocenters. The van der Waals surface area contributed by atoms with Crippen LogP contribution in [-0.2, 0) is 6.54 Å². The first-order valence-corrected chi connectivity index (χ1v) is 9.80. The van der Waals surface area contributed by atoms with Gasteiger partial charge in [-0.15, -0.1) is 0 Å². The van der Waals surface area contributed by atoms with Gasteiger partial charge in [-0.2, -0.15) is 0 Å². The molecule has 4 rings (SSSR count). The number of aromatic hydroxyl groups is 1. The molecule has 1 amide bonds. The fourth-order valence-electron chi connectivity index (χ4n) is 3.34. The van der Waals surface area contributed by atoms with Crippen molar-refractivity contribution in [1.29, 1.82) is 0 Å². The average Bonchev–Trinajstić information content (AvgIpc) is 3.27. The smallest absolute Gasteiger partial charge is 0.253 e. The van der Waals surface area contributed by atoms with E-state index in [2.05, 4.69) is 20.6 Å². The zero-order valence-corrected chi connectivity index (χ0v) is 16.7. The van der Waals surface area contributed by atoms with E-state index in [0.717, 1.165) is 35.3 Å². The first-order valence-electron chi connectivity index (χ1n) is 9.80. The summed E-state index contributed by atoms with van der Waals surface area (Å²) in [5.74, 6) is 0.0432. The van der Waals surface area contributed by atoms with E-state index in [1.165, 1.54) is 0 Å². The fraction of sp³-hybridized carbons (Fsp3) is 0.174. The number of phenolic OH excluding ortho intramolecular Hbond substituents is 1. The van der Waals surface area contributed by atoms with E-state index in [0.29, 0.717) is 17.6 Å². The minimum Gasteiger partial charge on any atom is -0.508 e. The monoisotopic (exact) mass is 401 g/mol. The van der Waals surface area contributed by atoms with Crippen molar-refractivity contribution in [2.45, 2.75) is 19.9 Å². The van der Waals surface area contributed by atoms with Crippen LogP contribution in [0.2, 0.25) is 0 Å². The number of aromatic nitrogens is 3. The Kier molecular flexibility index (Phi) is 5.61. The zero-order chi connectivity index (χ0) is 20.9. The summed E-state index contributed by atoms with van der Waals surface area (Å²) >= 11 is 0. The minimum atomic E-state index is -0.149. The first-order chi connectivity index (χ1) is 14.6. The van der Waals surface area contributed by atoms with Crippen molar-refractivity contribution in [1.82, 2.24) is 19.9 Å².